The van der Waals surface area contributed by atoms with Gasteiger partial charge in [0.15, 0.2) is 0 Å². The summed E-state index contributed by atoms with van der Waals surface area (Å²) in [6.07, 6.45) is 26.6. The highest BCUT2D eigenvalue weighted by Gasteiger charge is 2.36. The fourth-order valence-corrected chi connectivity index (χ4v) is 16.4. The molecular formula is C89H63N19. The largest absolute Gasteiger partial charge is 0.305 e. The molecule has 0 aliphatic heterocycles. The second kappa shape index (κ2) is 24.7. The predicted octanol–water partition coefficient (Wildman–Crippen LogP) is 21.1. The van der Waals surface area contributed by atoms with Crippen molar-refractivity contribution in [2.75, 3.05) is 19.6 Å². The fourth-order valence-electron chi connectivity index (χ4n) is 16.4. The molecule has 19 nitrogen and oxygen atoms in total. The summed E-state index contributed by atoms with van der Waals surface area (Å²) in [5.74, 6) is 0. The van der Waals surface area contributed by atoms with Crippen molar-refractivity contribution in [1.82, 2.24) is 74.8 Å². The molecule has 0 N–H and O–H groups in total. The molecule has 19 heteroatoms. The van der Waals surface area contributed by atoms with Gasteiger partial charge in [-0.05, 0) is 161 Å². The van der Waals surface area contributed by atoms with Gasteiger partial charge in [-0.2, -0.15) is 0 Å². The lowest BCUT2D eigenvalue weighted by Gasteiger charge is -2.36. The van der Waals surface area contributed by atoms with E-state index in [0.717, 1.165) is 161 Å². The maximum absolute atomic E-state index is 5.35. The molecule has 20 aromatic rings. The minimum atomic E-state index is 0.688. The van der Waals surface area contributed by atoms with Crippen molar-refractivity contribution < 1.29 is 0 Å². The Morgan fingerprint density at radius 2 is 0.380 bits per heavy atom. The average molecular weight is 1400 g/mol. The molecule has 12 aromatic carbocycles. The van der Waals surface area contributed by atoms with Crippen molar-refractivity contribution in [3.8, 4) is 0 Å². The summed E-state index contributed by atoms with van der Waals surface area (Å²) < 4.78 is 0. The molecule has 0 radical (unpaired) electrons. The monoisotopic (exact) mass is 1400 g/mol. The summed E-state index contributed by atoms with van der Waals surface area (Å²) in [4.78, 5) is 87.2. The number of benzene rings is 12. The van der Waals surface area contributed by atoms with E-state index >= 15 is 0 Å². The number of hydrogen-bond acceptors (Lipinski definition) is 19. The van der Waals surface area contributed by atoms with Crippen LogP contribution in [0.3, 0.4) is 0 Å². The van der Waals surface area contributed by atoms with E-state index in [0.29, 0.717) is 71.7 Å². The lowest BCUT2D eigenvalue weighted by molar-refractivity contribution is 1.19. The third kappa shape index (κ3) is 9.64. The van der Waals surface area contributed by atoms with Crippen LogP contribution in [0, 0.1) is 55.4 Å². The first-order valence-corrected chi connectivity index (χ1v) is 35.7. The topological polar surface area (TPSA) is 206 Å². The van der Waals surface area contributed by atoms with E-state index in [2.05, 4.69) is 178 Å². The molecule has 0 aliphatic carbocycles. The molecule has 0 saturated heterocycles. The summed E-state index contributed by atoms with van der Waals surface area (Å²) >= 11 is 0. The van der Waals surface area contributed by atoms with Gasteiger partial charge in [0.2, 0.25) is 0 Å². The molecule has 8 heterocycles. The van der Waals surface area contributed by atoms with Crippen LogP contribution in [0.25, 0.3) is 120 Å². The Morgan fingerprint density at radius 1 is 0.185 bits per heavy atom. The smallest absolute Gasteiger partial charge is 0.113 e. The minimum absolute atomic E-state index is 0.688. The third-order valence-corrected chi connectivity index (χ3v) is 21.2. The van der Waals surface area contributed by atoms with Crippen LogP contribution in [0.4, 0.5) is 68.2 Å². The van der Waals surface area contributed by atoms with Gasteiger partial charge in [0, 0.05) is 131 Å². The number of hydrogen-bond donors (Lipinski definition) is 0. The van der Waals surface area contributed by atoms with E-state index in [1.807, 2.05) is 48.7 Å². The van der Waals surface area contributed by atoms with Crippen molar-refractivity contribution in [1.29, 1.82) is 0 Å². The van der Waals surface area contributed by atoms with Gasteiger partial charge in [-0.1, -0.05) is 84.9 Å². The lowest BCUT2D eigenvalue weighted by Crippen LogP contribution is -2.19. The molecule has 0 spiro atoms. The van der Waals surface area contributed by atoms with Gasteiger partial charge in [0.1, 0.15) is 38.6 Å². The van der Waals surface area contributed by atoms with Gasteiger partial charge < -0.3 is 19.6 Å². The minimum Gasteiger partial charge on any atom is -0.305 e. The second-order valence-corrected chi connectivity index (χ2v) is 27.6. The Bertz CT molecular complexity index is 6010. The molecule has 0 atom stereocenters. The van der Waals surface area contributed by atoms with Gasteiger partial charge in [-0.25, -0.2) is 0 Å². The van der Waals surface area contributed by atoms with Gasteiger partial charge in [0.05, 0.1) is 112 Å². The number of fused-ring (bicyclic) bond motifs is 8. The number of aromatic nitrogens is 15. The molecule has 0 aliphatic rings. The molecule has 20 rings (SSSR count). The molecule has 0 unspecified atom stereocenters. The Kier molecular flexibility index (Phi) is 14.5. The van der Waals surface area contributed by atoms with Crippen LogP contribution in [0.15, 0.2) is 239 Å². The lowest BCUT2D eigenvalue weighted by atomic mass is 9.88. The van der Waals surface area contributed by atoms with Crippen LogP contribution < -0.4 is 19.6 Å². The zero-order chi connectivity index (χ0) is 72.7. The zero-order valence-electron chi connectivity index (χ0n) is 60.0. The zero-order valence-corrected chi connectivity index (χ0v) is 60.0. The van der Waals surface area contributed by atoms with E-state index in [1.54, 1.807) is 86.8 Å². The summed E-state index contributed by atoms with van der Waals surface area (Å²) in [5.41, 5.74) is 28.0. The normalized spacial score (nSPS) is 11.9. The van der Waals surface area contributed by atoms with E-state index in [4.69, 9.17) is 74.8 Å². The molecule has 0 amide bonds. The number of aryl methyl sites for hydroxylation is 8. The molecule has 0 saturated carbocycles. The molecule has 0 bridgehead atoms. The van der Waals surface area contributed by atoms with E-state index in [1.165, 1.54) is 0 Å². The SMILES string of the molecule is Cc1ccc2cccnc2c1N(c1cc(N(c2c(C)ccc3nccnc23)c2c(C)ccc3nccnc23)c2ccc3c(N(c4c(C)ccc5nccnc45)c4c(C)ccc5nccnc45)cc(N(c4c(C)ccc5nccnc45)c4c(C)ccc5nccnc45)c4ccc1c2c43)c1c(C)ccc2nccnc12. The van der Waals surface area contributed by atoms with Gasteiger partial charge in [-0.3, -0.25) is 74.8 Å². The van der Waals surface area contributed by atoms with Crippen LogP contribution in [-0.2, 0) is 0 Å². The van der Waals surface area contributed by atoms with Crippen LogP contribution in [0.1, 0.15) is 44.5 Å². The maximum Gasteiger partial charge on any atom is 0.113 e. The Hall–Kier alpha value is -14.3. The van der Waals surface area contributed by atoms with Crippen LogP contribution in [0.2, 0.25) is 0 Å². The number of anilines is 12. The molecule has 514 valence electrons. The van der Waals surface area contributed by atoms with Crippen LogP contribution in [0.5, 0.6) is 0 Å². The highest BCUT2D eigenvalue weighted by molar-refractivity contribution is 6.34. The van der Waals surface area contributed by atoms with E-state index < -0.39 is 0 Å². The molecule has 108 heavy (non-hydrogen) atoms. The van der Waals surface area contributed by atoms with Crippen molar-refractivity contribution in [2.45, 2.75) is 55.4 Å². The van der Waals surface area contributed by atoms with E-state index in [9.17, 15) is 0 Å². The van der Waals surface area contributed by atoms with Gasteiger partial charge in [0.25, 0.3) is 0 Å². The Balaban J connectivity index is 1.07. The second-order valence-electron chi connectivity index (χ2n) is 27.6. The van der Waals surface area contributed by atoms with Crippen molar-refractivity contribution in [3.05, 3.63) is 283 Å². The molecule has 8 aromatic heterocycles. The highest BCUT2D eigenvalue weighted by Crippen LogP contribution is 2.59. The highest BCUT2D eigenvalue weighted by atomic mass is 15.2. The first-order chi connectivity index (χ1) is 52.9. The van der Waals surface area contributed by atoms with Crippen molar-refractivity contribution in [3.63, 3.8) is 0 Å². The van der Waals surface area contributed by atoms with E-state index in [-0.39, 0.29) is 0 Å². The van der Waals surface area contributed by atoms with Gasteiger partial charge in [-0.15, -0.1) is 0 Å². The standard InChI is InChI=1S/C89H63N19/c1-48-11-19-56-10-9-31-97-74(56)82(48)105(83-49(2)12-24-61-75(83)98-39-32-90-61)68-46-69(106(84-50(3)13-25-62-76(84)99-40-33-91-62)85-51(4)14-26-63-77(85)100-41-34-92-63)58-22-23-60-71(108(88-54(7)17-29-66-80(88)103-44-37-95-66)89-55(8)18-30-67-81(89)104-45-38-96-67)47-70(59-21-20-57(68)72(58)73(59)60)107(86-52(5)15-27-64-78(86)101-42-35-93-64)87-53(6)16-28-65-79(87)102-43-36-94-65/h9-47H,1-8H3. The Morgan fingerprint density at radius 3 is 0.611 bits per heavy atom. The summed E-state index contributed by atoms with van der Waals surface area (Å²) in [6.45, 7) is 17.2. The number of rotatable bonds is 12. The van der Waals surface area contributed by atoms with Crippen LogP contribution in [-0.4, -0.2) is 74.8 Å². The summed E-state index contributed by atoms with van der Waals surface area (Å²) in [5, 5.41) is 6.39. The molecule has 0 fully saturated rings. The fraction of sp³-hybridized carbons (Fsp3) is 0.0899. The maximum atomic E-state index is 5.35. The predicted molar refractivity (Wildman–Crippen MR) is 434 cm³/mol. The third-order valence-electron chi connectivity index (χ3n) is 21.2. The van der Waals surface area contributed by atoms with Crippen molar-refractivity contribution in [2.24, 2.45) is 0 Å². The van der Waals surface area contributed by atoms with Gasteiger partial charge >= 0.3 is 0 Å². The summed E-state index contributed by atoms with van der Waals surface area (Å²) in [6, 6.07) is 51.7. The Labute approximate surface area is 618 Å². The van der Waals surface area contributed by atoms with Crippen LogP contribution >= 0.6 is 0 Å². The quantitative estimate of drug-likeness (QED) is 0.104. The first-order valence-electron chi connectivity index (χ1n) is 35.7. The van der Waals surface area contributed by atoms with Crippen molar-refractivity contribution >= 4 is 189 Å². The first kappa shape index (κ1) is 63.4. The average Bonchev–Trinajstić information content (AvgIpc) is 0.692. The molecular weight excluding hydrogens is 1340 g/mol. The number of nitrogens with zero attached hydrogens (tertiary/aromatic N) is 19. The number of pyridine rings is 1. The summed E-state index contributed by atoms with van der Waals surface area (Å²) in [7, 11) is 0.